The fraction of sp³-hybridized carbons (Fsp3) is 0.647. The highest BCUT2D eigenvalue weighted by Gasteiger charge is 2.41. The van der Waals surface area contributed by atoms with Gasteiger partial charge in [-0.25, -0.2) is 0 Å². The Morgan fingerprint density at radius 2 is 2.09 bits per heavy atom. The van der Waals surface area contributed by atoms with E-state index in [0.717, 1.165) is 17.7 Å². The number of amides is 1. The third-order valence-electron chi connectivity index (χ3n) is 5.11. The van der Waals surface area contributed by atoms with Crippen molar-refractivity contribution in [3.05, 3.63) is 22.4 Å². The van der Waals surface area contributed by atoms with Crippen LogP contribution in [0.1, 0.15) is 37.0 Å². The molecule has 3 heterocycles. The molecule has 5 nitrogen and oxygen atoms in total. The molecule has 0 saturated carbocycles. The molecular weight excluding hydrogens is 314 g/mol. The molecule has 0 aromatic carbocycles. The summed E-state index contributed by atoms with van der Waals surface area (Å²) in [5.41, 5.74) is 0. The Morgan fingerprint density at radius 3 is 2.70 bits per heavy atom. The highest BCUT2D eigenvalue weighted by Crippen LogP contribution is 2.34. The van der Waals surface area contributed by atoms with Crippen molar-refractivity contribution < 1.29 is 19.4 Å². The van der Waals surface area contributed by atoms with Crippen LogP contribution in [-0.2, 0) is 14.3 Å². The molecule has 3 atom stereocenters. The monoisotopic (exact) mass is 337 g/mol. The van der Waals surface area contributed by atoms with Crippen LogP contribution in [0.25, 0.3) is 0 Å². The van der Waals surface area contributed by atoms with Gasteiger partial charge in [0.2, 0.25) is 5.91 Å². The van der Waals surface area contributed by atoms with E-state index in [1.165, 1.54) is 0 Å². The summed E-state index contributed by atoms with van der Waals surface area (Å²) in [4.78, 5) is 26.9. The van der Waals surface area contributed by atoms with Gasteiger partial charge in [-0.15, -0.1) is 11.3 Å². The number of hydrogen-bond donors (Lipinski definition) is 1. The Kier molecular flexibility index (Phi) is 5.02. The van der Waals surface area contributed by atoms with Crippen LogP contribution < -0.4 is 0 Å². The molecule has 0 aliphatic carbocycles. The van der Waals surface area contributed by atoms with Crippen molar-refractivity contribution in [3.63, 3.8) is 0 Å². The summed E-state index contributed by atoms with van der Waals surface area (Å²) in [7, 11) is 0. The summed E-state index contributed by atoms with van der Waals surface area (Å²) in [5, 5.41) is 11.3. The zero-order chi connectivity index (χ0) is 16.4. The van der Waals surface area contributed by atoms with Crippen LogP contribution in [0.4, 0.5) is 0 Å². The van der Waals surface area contributed by atoms with E-state index < -0.39 is 5.97 Å². The zero-order valence-electron chi connectivity index (χ0n) is 13.3. The number of hydrogen-bond acceptors (Lipinski definition) is 4. The number of carboxylic acids is 1. The Hall–Kier alpha value is -1.40. The summed E-state index contributed by atoms with van der Waals surface area (Å²) in [5.74, 6) is -0.807. The first-order valence-electron chi connectivity index (χ1n) is 8.24. The Morgan fingerprint density at radius 1 is 1.35 bits per heavy atom. The van der Waals surface area contributed by atoms with E-state index in [0.29, 0.717) is 26.1 Å². The average Bonchev–Trinajstić information content (AvgIpc) is 3.24. The Labute approximate surface area is 140 Å². The van der Waals surface area contributed by atoms with Crippen molar-refractivity contribution in [2.24, 2.45) is 11.8 Å². The lowest BCUT2D eigenvalue weighted by atomic mass is 9.84. The number of carbonyl (C=O) groups excluding carboxylic acids is 1. The summed E-state index contributed by atoms with van der Waals surface area (Å²) in [6.45, 7) is 3.90. The molecule has 1 aromatic heterocycles. The van der Waals surface area contributed by atoms with Gasteiger partial charge < -0.3 is 14.7 Å². The number of ether oxygens (including phenoxy) is 1. The molecule has 1 N–H and O–H groups in total. The van der Waals surface area contributed by atoms with E-state index in [-0.39, 0.29) is 29.8 Å². The lowest BCUT2D eigenvalue weighted by molar-refractivity contribution is -0.146. The van der Waals surface area contributed by atoms with Gasteiger partial charge in [0.1, 0.15) is 0 Å². The number of nitrogens with zero attached hydrogens (tertiary/aromatic N) is 1. The van der Waals surface area contributed by atoms with Gasteiger partial charge in [-0.2, -0.15) is 0 Å². The third kappa shape index (κ3) is 3.43. The molecule has 1 aromatic rings. The van der Waals surface area contributed by atoms with Crippen LogP contribution in [0, 0.1) is 11.8 Å². The molecule has 0 spiro atoms. The second-order valence-electron chi connectivity index (χ2n) is 6.47. The minimum Gasteiger partial charge on any atom is -0.481 e. The van der Waals surface area contributed by atoms with E-state index in [4.69, 9.17) is 4.74 Å². The normalized spacial score (nSPS) is 27.1. The second-order valence-corrected chi connectivity index (χ2v) is 7.45. The smallest absolute Gasteiger partial charge is 0.309 e. The lowest BCUT2D eigenvalue weighted by Crippen LogP contribution is -2.44. The topological polar surface area (TPSA) is 66.8 Å². The molecule has 2 fully saturated rings. The predicted octanol–water partition coefficient (Wildman–Crippen LogP) is 2.58. The number of aliphatic carboxylic acids is 1. The third-order valence-corrected chi connectivity index (χ3v) is 6.16. The maximum absolute atomic E-state index is 12.6. The Balaban J connectivity index is 1.56. The van der Waals surface area contributed by atoms with Crippen LogP contribution in [-0.4, -0.2) is 47.7 Å². The highest BCUT2D eigenvalue weighted by molar-refractivity contribution is 7.10. The number of rotatable bonds is 4. The molecule has 2 saturated heterocycles. The summed E-state index contributed by atoms with van der Waals surface area (Å²) in [6.07, 6.45) is 2.09. The molecule has 3 rings (SSSR count). The first-order chi connectivity index (χ1) is 11.1. The number of carbonyl (C=O) groups is 2. The fourth-order valence-corrected chi connectivity index (χ4v) is 4.50. The summed E-state index contributed by atoms with van der Waals surface area (Å²) in [6, 6.07) is 3.98. The first-order valence-corrected chi connectivity index (χ1v) is 9.12. The van der Waals surface area contributed by atoms with Crippen molar-refractivity contribution in [1.29, 1.82) is 0 Å². The lowest BCUT2D eigenvalue weighted by Gasteiger charge is -2.36. The van der Waals surface area contributed by atoms with Crippen LogP contribution in [0.15, 0.2) is 17.5 Å². The van der Waals surface area contributed by atoms with Crippen molar-refractivity contribution >= 4 is 23.2 Å². The molecule has 2 aliphatic heterocycles. The van der Waals surface area contributed by atoms with Gasteiger partial charge in [-0.1, -0.05) is 6.07 Å². The number of carboxylic acid groups (broad SMARTS) is 1. The van der Waals surface area contributed by atoms with Crippen LogP contribution in [0.2, 0.25) is 0 Å². The van der Waals surface area contributed by atoms with E-state index in [9.17, 15) is 14.7 Å². The SMILES string of the molecule is C[C@@H](C(=O)N1CCC([C@@H]2OCC[C@@H]2C(=O)O)CC1)c1cccs1. The van der Waals surface area contributed by atoms with Gasteiger partial charge in [0.25, 0.3) is 0 Å². The molecular formula is C17H23NO4S. The van der Waals surface area contributed by atoms with Gasteiger partial charge >= 0.3 is 5.97 Å². The number of thiophene rings is 1. The first kappa shape index (κ1) is 16.5. The fourth-order valence-electron chi connectivity index (χ4n) is 3.72. The zero-order valence-corrected chi connectivity index (χ0v) is 14.1. The highest BCUT2D eigenvalue weighted by atomic mass is 32.1. The van der Waals surface area contributed by atoms with Gasteiger partial charge in [-0.05, 0) is 43.6 Å². The van der Waals surface area contributed by atoms with E-state index >= 15 is 0 Å². The minimum absolute atomic E-state index is 0.0963. The molecule has 2 aliphatic rings. The van der Waals surface area contributed by atoms with E-state index in [1.54, 1.807) is 11.3 Å². The largest absolute Gasteiger partial charge is 0.481 e. The molecule has 0 bridgehead atoms. The predicted molar refractivity (Wildman–Crippen MR) is 87.5 cm³/mol. The quantitative estimate of drug-likeness (QED) is 0.917. The van der Waals surface area contributed by atoms with Gasteiger partial charge in [-0.3, -0.25) is 9.59 Å². The van der Waals surface area contributed by atoms with E-state index in [2.05, 4.69) is 0 Å². The molecule has 0 radical (unpaired) electrons. The van der Waals surface area contributed by atoms with Crippen molar-refractivity contribution in [2.75, 3.05) is 19.7 Å². The maximum atomic E-state index is 12.6. The van der Waals surface area contributed by atoms with Crippen LogP contribution >= 0.6 is 11.3 Å². The molecule has 1 amide bonds. The van der Waals surface area contributed by atoms with Crippen molar-refractivity contribution in [2.45, 2.75) is 38.2 Å². The standard InChI is InChI=1S/C17H23NO4S/c1-11(14-3-2-10-23-14)16(19)18-7-4-12(5-8-18)15-13(17(20)21)6-9-22-15/h2-3,10-13,15H,4-9H2,1H3,(H,20,21)/t11-,13+,15+/m1/s1. The summed E-state index contributed by atoms with van der Waals surface area (Å²) < 4.78 is 5.69. The van der Waals surface area contributed by atoms with Gasteiger partial charge in [0, 0.05) is 24.6 Å². The van der Waals surface area contributed by atoms with E-state index in [1.807, 2.05) is 29.3 Å². The molecule has 0 unspecified atom stereocenters. The molecule has 126 valence electrons. The van der Waals surface area contributed by atoms with Crippen LogP contribution in [0.3, 0.4) is 0 Å². The Bertz CT molecular complexity index is 551. The number of piperidine rings is 1. The number of likely N-dealkylation sites (tertiary alicyclic amines) is 1. The second kappa shape index (κ2) is 7.01. The maximum Gasteiger partial charge on any atom is 0.309 e. The molecule has 6 heteroatoms. The average molecular weight is 337 g/mol. The minimum atomic E-state index is -0.752. The van der Waals surface area contributed by atoms with Crippen LogP contribution in [0.5, 0.6) is 0 Å². The van der Waals surface area contributed by atoms with Crippen molar-refractivity contribution in [1.82, 2.24) is 4.90 Å². The molecule has 23 heavy (non-hydrogen) atoms. The van der Waals surface area contributed by atoms with Gasteiger partial charge in [0.15, 0.2) is 0 Å². The van der Waals surface area contributed by atoms with Gasteiger partial charge in [0.05, 0.1) is 17.9 Å². The van der Waals surface area contributed by atoms with Crippen molar-refractivity contribution in [3.8, 4) is 0 Å². The summed E-state index contributed by atoms with van der Waals surface area (Å²) >= 11 is 1.62.